The van der Waals surface area contributed by atoms with Crippen LogP contribution >= 0.6 is 15.9 Å². The van der Waals surface area contributed by atoms with Crippen molar-refractivity contribution in [1.29, 1.82) is 0 Å². The smallest absolute Gasteiger partial charge is 0.0485 e. The van der Waals surface area contributed by atoms with Crippen molar-refractivity contribution in [3.63, 3.8) is 0 Å². The highest BCUT2D eigenvalue weighted by molar-refractivity contribution is 9.10. The van der Waals surface area contributed by atoms with Crippen molar-refractivity contribution < 1.29 is 0 Å². The Morgan fingerprint density at radius 2 is 2.16 bits per heavy atom. The van der Waals surface area contributed by atoms with Crippen LogP contribution in [0.3, 0.4) is 0 Å². The number of nitrogens with zero attached hydrogens (tertiary/aromatic N) is 2. The van der Waals surface area contributed by atoms with Gasteiger partial charge in [-0.05, 0) is 52.2 Å². The summed E-state index contributed by atoms with van der Waals surface area (Å²) >= 11 is 3.45. The summed E-state index contributed by atoms with van der Waals surface area (Å²) in [5.74, 6) is 0.577. The second kappa shape index (κ2) is 6.35. The number of pyridine rings is 1. The first-order valence-electron chi connectivity index (χ1n) is 6.52. The van der Waals surface area contributed by atoms with Crippen LogP contribution in [0.15, 0.2) is 41.4 Å². The maximum Gasteiger partial charge on any atom is 0.0485 e. The summed E-state index contributed by atoms with van der Waals surface area (Å²) in [6.07, 6.45) is 8.05. The minimum atomic E-state index is 0.405. The zero-order valence-electron chi connectivity index (χ0n) is 11.6. The van der Waals surface area contributed by atoms with Crippen LogP contribution < -0.4 is 5.32 Å². The predicted octanol–water partition coefficient (Wildman–Crippen LogP) is 3.61. The fourth-order valence-corrected chi connectivity index (χ4v) is 2.79. The largest absolute Gasteiger partial charge is 0.350 e. The summed E-state index contributed by atoms with van der Waals surface area (Å²) in [5.41, 5.74) is 2.53. The molecule has 1 atom stereocenters. The molecule has 4 heteroatoms. The average Bonchev–Trinajstić information content (AvgIpc) is 2.78. The molecule has 0 aliphatic carbocycles. The summed E-state index contributed by atoms with van der Waals surface area (Å²) in [6, 6.07) is 4.69. The fourth-order valence-electron chi connectivity index (χ4n) is 2.38. The molecule has 0 aromatic carbocycles. The van der Waals surface area contributed by atoms with Crippen LogP contribution in [0, 0.1) is 5.92 Å². The third-order valence-electron chi connectivity index (χ3n) is 3.24. The lowest BCUT2D eigenvalue weighted by Gasteiger charge is -2.18. The molecule has 2 heterocycles. The van der Waals surface area contributed by atoms with E-state index in [2.05, 4.69) is 69.2 Å². The van der Waals surface area contributed by atoms with Gasteiger partial charge in [-0.15, -0.1) is 0 Å². The van der Waals surface area contributed by atoms with Gasteiger partial charge in [0.2, 0.25) is 0 Å². The van der Waals surface area contributed by atoms with E-state index >= 15 is 0 Å². The van der Waals surface area contributed by atoms with Crippen molar-refractivity contribution in [1.82, 2.24) is 14.9 Å². The van der Waals surface area contributed by atoms with Crippen LogP contribution in [-0.2, 0) is 6.54 Å². The van der Waals surface area contributed by atoms with Crippen LogP contribution in [0.4, 0.5) is 0 Å². The molecule has 0 bridgehead atoms. The Morgan fingerprint density at radius 3 is 2.79 bits per heavy atom. The summed E-state index contributed by atoms with van der Waals surface area (Å²) < 4.78 is 3.22. The van der Waals surface area contributed by atoms with Gasteiger partial charge in [0.15, 0.2) is 0 Å². The lowest BCUT2D eigenvalue weighted by Crippen LogP contribution is -2.21. The van der Waals surface area contributed by atoms with E-state index in [4.69, 9.17) is 0 Å². The van der Waals surface area contributed by atoms with Gasteiger partial charge in [0.1, 0.15) is 0 Å². The van der Waals surface area contributed by atoms with E-state index in [1.54, 1.807) is 6.20 Å². The molecule has 2 aromatic rings. The van der Waals surface area contributed by atoms with Crippen LogP contribution in [0.1, 0.15) is 31.0 Å². The van der Waals surface area contributed by atoms with Gasteiger partial charge in [0.25, 0.3) is 0 Å². The van der Waals surface area contributed by atoms with Crippen LogP contribution in [0.2, 0.25) is 0 Å². The Kier molecular flexibility index (Phi) is 4.77. The maximum atomic E-state index is 4.19. The maximum absolute atomic E-state index is 4.19. The molecule has 0 fully saturated rings. The first-order valence-corrected chi connectivity index (χ1v) is 7.32. The molecule has 102 valence electrons. The molecule has 19 heavy (non-hydrogen) atoms. The minimum Gasteiger partial charge on any atom is -0.350 e. The number of aromatic nitrogens is 2. The molecule has 0 spiro atoms. The van der Waals surface area contributed by atoms with Gasteiger partial charge < -0.3 is 9.88 Å². The summed E-state index contributed by atoms with van der Waals surface area (Å²) in [5, 5.41) is 3.37. The predicted molar refractivity (Wildman–Crippen MR) is 82.1 cm³/mol. The zero-order chi connectivity index (χ0) is 13.8. The van der Waals surface area contributed by atoms with Gasteiger partial charge in [-0.25, -0.2) is 0 Å². The van der Waals surface area contributed by atoms with Crippen LogP contribution in [-0.4, -0.2) is 16.6 Å². The lowest BCUT2D eigenvalue weighted by atomic mass is 9.99. The van der Waals surface area contributed by atoms with Crippen molar-refractivity contribution >= 4 is 15.9 Å². The van der Waals surface area contributed by atoms with Crippen molar-refractivity contribution in [2.75, 3.05) is 7.05 Å². The summed E-state index contributed by atoms with van der Waals surface area (Å²) in [4.78, 5) is 4.19. The molecule has 2 rings (SSSR count). The molecule has 1 unspecified atom stereocenters. The minimum absolute atomic E-state index is 0.405. The molecule has 0 aliphatic rings. The third-order valence-corrected chi connectivity index (χ3v) is 3.67. The topological polar surface area (TPSA) is 29.9 Å². The van der Waals surface area contributed by atoms with Gasteiger partial charge in [0.05, 0.1) is 0 Å². The first-order chi connectivity index (χ1) is 9.10. The molecule has 2 aromatic heterocycles. The third kappa shape index (κ3) is 3.67. The van der Waals surface area contributed by atoms with Crippen molar-refractivity contribution in [2.45, 2.75) is 26.4 Å². The van der Waals surface area contributed by atoms with Gasteiger partial charge in [-0.1, -0.05) is 13.8 Å². The SMILES string of the molecule is CNC(c1ccn(Cc2cncc(Br)c2)c1)C(C)C. The van der Waals surface area contributed by atoms with Gasteiger partial charge in [0, 0.05) is 41.8 Å². The lowest BCUT2D eigenvalue weighted by molar-refractivity contribution is 0.443. The number of hydrogen-bond acceptors (Lipinski definition) is 2. The second-order valence-electron chi connectivity index (χ2n) is 5.14. The Balaban J connectivity index is 2.13. The van der Waals surface area contributed by atoms with E-state index in [0.717, 1.165) is 11.0 Å². The molecule has 0 saturated heterocycles. The molecular weight excluding hydrogens is 302 g/mol. The van der Waals surface area contributed by atoms with E-state index in [1.165, 1.54) is 11.1 Å². The van der Waals surface area contributed by atoms with Crippen LogP contribution in [0.25, 0.3) is 0 Å². The Hall–Kier alpha value is -1.13. The highest BCUT2D eigenvalue weighted by atomic mass is 79.9. The molecule has 0 amide bonds. The monoisotopic (exact) mass is 321 g/mol. The molecule has 0 saturated carbocycles. The summed E-state index contributed by atoms with van der Waals surface area (Å²) in [7, 11) is 2.01. The van der Waals surface area contributed by atoms with E-state index in [0.29, 0.717) is 12.0 Å². The summed E-state index contributed by atoms with van der Waals surface area (Å²) in [6.45, 7) is 5.31. The van der Waals surface area contributed by atoms with Crippen molar-refractivity contribution in [2.24, 2.45) is 5.92 Å². The quantitative estimate of drug-likeness (QED) is 0.911. The Labute approximate surface area is 123 Å². The molecule has 0 aliphatic heterocycles. The van der Waals surface area contributed by atoms with E-state index < -0.39 is 0 Å². The molecule has 0 radical (unpaired) electrons. The number of halogens is 1. The fraction of sp³-hybridized carbons (Fsp3) is 0.400. The molecular formula is C15H20BrN3. The van der Waals surface area contributed by atoms with Gasteiger partial charge in [-0.3, -0.25) is 4.98 Å². The Bertz CT molecular complexity index is 534. The molecule has 1 N–H and O–H groups in total. The average molecular weight is 322 g/mol. The number of hydrogen-bond donors (Lipinski definition) is 1. The van der Waals surface area contributed by atoms with Gasteiger partial charge in [-0.2, -0.15) is 0 Å². The normalized spacial score (nSPS) is 12.9. The van der Waals surface area contributed by atoms with Gasteiger partial charge >= 0.3 is 0 Å². The number of nitrogens with one attached hydrogen (secondary N) is 1. The standard InChI is InChI=1S/C15H20BrN3/c1-11(2)15(17-3)13-4-5-19(10-13)9-12-6-14(16)8-18-7-12/h4-8,10-11,15,17H,9H2,1-3H3. The highest BCUT2D eigenvalue weighted by Gasteiger charge is 2.14. The Morgan fingerprint density at radius 1 is 1.37 bits per heavy atom. The van der Waals surface area contributed by atoms with E-state index in [-0.39, 0.29) is 0 Å². The highest BCUT2D eigenvalue weighted by Crippen LogP contribution is 2.22. The van der Waals surface area contributed by atoms with Crippen LogP contribution in [0.5, 0.6) is 0 Å². The van der Waals surface area contributed by atoms with Crippen molar-refractivity contribution in [3.05, 3.63) is 52.5 Å². The number of rotatable bonds is 5. The second-order valence-corrected chi connectivity index (χ2v) is 6.05. The first kappa shape index (κ1) is 14.3. The molecule has 3 nitrogen and oxygen atoms in total. The van der Waals surface area contributed by atoms with Crippen molar-refractivity contribution in [3.8, 4) is 0 Å². The van der Waals surface area contributed by atoms with E-state index in [1.807, 2.05) is 13.2 Å². The van der Waals surface area contributed by atoms with E-state index in [9.17, 15) is 0 Å². The zero-order valence-corrected chi connectivity index (χ0v) is 13.2.